The van der Waals surface area contributed by atoms with Gasteiger partial charge in [-0.2, -0.15) is 0 Å². The first-order valence-electron chi connectivity index (χ1n) is 8.39. The number of nitrogens with two attached hydrogens (primary N) is 1. The first-order valence-corrected chi connectivity index (χ1v) is 8.77. The van der Waals surface area contributed by atoms with Crippen molar-refractivity contribution in [3.63, 3.8) is 0 Å². The average molecular weight is 437 g/mol. The lowest BCUT2D eigenvalue weighted by atomic mass is 10.0. The second-order valence-corrected chi connectivity index (χ2v) is 6.47. The summed E-state index contributed by atoms with van der Waals surface area (Å²) >= 11 is 5.76. The van der Waals surface area contributed by atoms with Gasteiger partial charge in [0.25, 0.3) is 0 Å². The Morgan fingerprint density at radius 1 is 1.07 bits per heavy atom. The second-order valence-electron chi connectivity index (χ2n) is 6.08. The molecule has 0 aliphatic rings. The molecule has 0 radical (unpaired) electrons. The smallest absolute Gasteiger partial charge is 0.486 e. The molecule has 154 valence electrons. The Kier molecular flexibility index (Phi) is 5.04. The largest absolute Gasteiger partial charge is 0.573 e. The van der Waals surface area contributed by atoms with E-state index >= 15 is 0 Å². The minimum atomic E-state index is -4.88. The number of aromatic nitrogens is 5. The van der Waals surface area contributed by atoms with Crippen LogP contribution in [0.2, 0.25) is 5.15 Å². The molecule has 4 rings (SSSR count). The molecule has 3 heterocycles. The topological polar surface area (TPSA) is 112 Å². The van der Waals surface area contributed by atoms with E-state index in [4.69, 9.17) is 22.1 Å². The number of aromatic amines is 1. The van der Waals surface area contributed by atoms with E-state index in [2.05, 4.69) is 30.1 Å². The van der Waals surface area contributed by atoms with Gasteiger partial charge in [-0.3, -0.25) is 0 Å². The number of fused-ring (bicyclic) bond motifs is 1. The average Bonchev–Trinajstić information content (AvgIpc) is 3.14. The highest BCUT2D eigenvalue weighted by Gasteiger charge is 2.32. The summed E-state index contributed by atoms with van der Waals surface area (Å²) in [4.78, 5) is 7.93. The highest BCUT2D eigenvalue weighted by atomic mass is 35.5. The van der Waals surface area contributed by atoms with Gasteiger partial charge in [-0.1, -0.05) is 28.9 Å². The van der Waals surface area contributed by atoms with E-state index in [1.54, 1.807) is 12.1 Å². The van der Waals surface area contributed by atoms with Crippen LogP contribution in [0.4, 0.5) is 19.0 Å². The van der Waals surface area contributed by atoms with Gasteiger partial charge >= 0.3 is 6.36 Å². The van der Waals surface area contributed by atoms with Crippen LogP contribution in [0.3, 0.4) is 0 Å². The Labute approximate surface area is 171 Å². The van der Waals surface area contributed by atoms with Crippen LogP contribution in [0, 0.1) is 0 Å². The van der Waals surface area contributed by atoms with E-state index < -0.39 is 12.1 Å². The lowest BCUT2D eigenvalue weighted by molar-refractivity contribution is -0.275. The number of halogens is 4. The van der Waals surface area contributed by atoms with Gasteiger partial charge in [-0.05, 0) is 23.8 Å². The number of nitrogens with one attached hydrogen (secondary N) is 1. The number of anilines is 1. The maximum absolute atomic E-state index is 13.0. The van der Waals surface area contributed by atoms with Gasteiger partial charge in [-0.15, -0.1) is 18.3 Å². The number of alkyl halides is 3. The summed E-state index contributed by atoms with van der Waals surface area (Å²) in [5, 5.41) is 10.3. The van der Waals surface area contributed by atoms with E-state index in [1.165, 1.54) is 30.5 Å². The van der Waals surface area contributed by atoms with Crippen molar-refractivity contribution in [3.8, 4) is 22.6 Å². The van der Waals surface area contributed by atoms with Gasteiger partial charge in [0.2, 0.25) is 0 Å². The first-order chi connectivity index (χ1) is 14.3. The minimum absolute atomic E-state index is 0.140. The SMILES string of the molecule is Nc1cc(OCc2ccc(-c3ccc(Cl)nc3)cc2OC(F)(F)F)c2nn[nH]c2n1. The van der Waals surface area contributed by atoms with Crippen molar-refractivity contribution in [2.45, 2.75) is 13.0 Å². The third-order valence-corrected chi connectivity index (χ3v) is 4.24. The van der Waals surface area contributed by atoms with Crippen LogP contribution < -0.4 is 15.2 Å². The van der Waals surface area contributed by atoms with Crippen LogP contribution in [0.1, 0.15) is 5.56 Å². The molecule has 0 saturated carbocycles. The molecule has 4 aromatic rings. The highest BCUT2D eigenvalue weighted by molar-refractivity contribution is 6.29. The van der Waals surface area contributed by atoms with Gasteiger partial charge in [0, 0.05) is 23.4 Å². The lowest BCUT2D eigenvalue weighted by Crippen LogP contribution is -2.18. The van der Waals surface area contributed by atoms with E-state index in [0.29, 0.717) is 22.3 Å². The van der Waals surface area contributed by atoms with Crippen LogP contribution in [-0.2, 0) is 6.61 Å². The molecule has 0 bridgehead atoms. The summed E-state index contributed by atoms with van der Waals surface area (Å²) in [7, 11) is 0. The molecule has 0 aliphatic heterocycles. The number of ether oxygens (including phenoxy) is 2. The van der Waals surface area contributed by atoms with Crippen molar-refractivity contribution in [2.75, 3.05) is 5.73 Å². The number of rotatable bonds is 5. The molecule has 30 heavy (non-hydrogen) atoms. The lowest BCUT2D eigenvalue weighted by Gasteiger charge is -2.15. The highest BCUT2D eigenvalue weighted by Crippen LogP contribution is 2.33. The number of hydrogen-bond acceptors (Lipinski definition) is 7. The second kappa shape index (κ2) is 7.67. The van der Waals surface area contributed by atoms with Crippen LogP contribution in [0.5, 0.6) is 11.5 Å². The maximum atomic E-state index is 13.0. The van der Waals surface area contributed by atoms with E-state index in [0.717, 1.165) is 0 Å². The predicted molar refractivity (Wildman–Crippen MR) is 102 cm³/mol. The number of nitrogens with zero attached hydrogens (tertiary/aromatic N) is 4. The zero-order chi connectivity index (χ0) is 21.3. The van der Waals surface area contributed by atoms with Crippen molar-refractivity contribution in [2.24, 2.45) is 0 Å². The molecule has 1 aromatic carbocycles. The zero-order valence-electron chi connectivity index (χ0n) is 14.9. The van der Waals surface area contributed by atoms with Gasteiger partial charge in [0.1, 0.15) is 23.3 Å². The fourth-order valence-corrected chi connectivity index (χ4v) is 2.83. The zero-order valence-corrected chi connectivity index (χ0v) is 15.7. The van der Waals surface area contributed by atoms with E-state index in [9.17, 15) is 13.2 Å². The van der Waals surface area contributed by atoms with Crippen molar-refractivity contribution >= 4 is 28.6 Å². The summed E-state index contributed by atoms with van der Waals surface area (Å²) < 4.78 is 48.7. The Balaban J connectivity index is 1.66. The number of benzene rings is 1. The number of H-pyrrole nitrogens is 1. The summed E-state index contributed by atoms with van der Waals surface area (Å²) in [5.41, 5.74) is 7.50. The Morgan fingerprint density at radius 2 is 1.87 bits per heavy atom. The molecule has 0 spiro atoms. The monoisotopic (exact) mass is 436 g/mol. The Bertz CT molecular complexity index is 1200. The molecule has 3 aromatic heterocycles. The fourth-order valence-electron chi connectivity index (χ4n) is 2.72. The van der Waals surface area contributed by atoms with Crippen LogP contribution in [0.25, 0.3) is 22.3 Å². The van der Waals surface area contributed by atoms with Gasteiger partial charge in [0.15, 0.2) is 16.9 Å². The van der Waals surface area contributed by atoms with Crippen molar-refractivity contribution in [1.29, 1.82) is 0 Å². The molecular weight excluding hydrogens is 425 g/mol. The summed E-state index contributed by atoms with van der Waals surface area (Å²) in [6.45, 7) is -0.240. The number of pyridine rings is 2. The molecule has 0 unspecified atom stereocenters. The molecular formula is C18H12ClF3N6O2. The first kappa shape index (κ1) is 19.7. The third-order valence-electron chi connectivity index (χ3n) is 4.02. The molecule has 0 aliphatic carbocycles. The molecule has 0 amide bonds. The normalized spacial score (nSPS) is 11.6. The fraction of sp³-hybridized carbons (Fsp3) is 0.111. The summed E-state index contributed by atoms with van der Waals surface area (Å²) in [6, 6.07) is 8.93. The van der Waals surface area contributed by atoms with Gasteiger partial charge < -0.3 is 15.2 Å². The molecule has 0 fully saturated rings. The summed E-state index contributed by atoms with van der Waals surface area (Å²) in [5.74, 6) is -0.0514. The van der Waals surface area contributed by atoms with Crippen LogP contribution in [-0.4, -0.2) is 31.7 Å². The molecule has 0 saturated heterocycles. The predicted octanol–water partition coefficient (Wildman–Crippen LogP) is 4.13. The van der Waals surface area contributed by atoms with E-state index in [1.807, 2.05) is 0 Å². The molecule has 12 heteroatoms. The van der Waals surface area contributed by atoms with Crippen LogP contribution in [0.15, 0.2) is 42.6 Å². The van der Waals surface area contributed by atoms with Crippen molar-refractivity contribution in [1.82, 2.24) is 25.4 Å². The van der Waals surface area contributed by atoms with Crippen molar-refractivity contribution < 1.29 is 22.6 Å². The standard InChI is InChI=1S/C18H12ClF3N6O2/c19-14-4-3-10(7-24-14)9-1-2-11(12(5-9)30-18(20,21)22)8-29-13-6-15(23)25-17-16(13)26-28-27-17/h1-7H,8H2,(H3,23,25,26,27,28). The summed E-state index contributed by atoms with van der Waals surface area (Å²) in [6.07, 6.45) is -3.43. The molecule has 3 N–H and O–H groups in total. The van der Waals surface area contributed by atoms with Crippen LogP contribution >= 0.6 is 11.6 Å². The quantitative estimate of drug-likeness (QED) is 0.452. The third kappa shape index (κ3) is 4.35. The number of nitrogen functional groups attached to an aromatic ring is 1. The molecule has 8 nitrogen and oxygen atoms in total. The maximum Gasteiger partial charge on any atom is 0.573 e. The number of hydrogen-bond donors (Lipinski definition) is 2. The Morgan fingerprint density at radius 3 is 2.60 bits per heavy atom. The minimum Gasteiger partial charge on any atom is -0.486 e. The van der Waals surface area contributed by atoms with Crippen molar-refractivity contribution in [3.05, 3.63) is 53.3 Å². The molecule has 0 atom stereocenters. The van der Waals surface area contributed by atoms with E-state index in [-0.39, 0.29) is 28.9 Å². The Hall–Kier alpha value is -3.60. The van der Waals surface area contributed by atoms with Gasteiger partial charge in [0.05, 0.1) is 0 Å². The van der Waals surface area contributed by atoms with Gasteiger partial charge in [-0.25, -0.2) is 15.1 Å².